The Balaban J connectivity index is 2.04. The summed E-state index contributed by atoms with van der Waals surface area (Å²) in [5.41, 5.74) is 0. The van der Waals surface area contributed by atoms with Crippen molar-refractivity contribution in [1.29, 1.82) is 0 Å². The van der Waals surface area contributed by atoms with Crippen molar-refractivity contribution < 1.29 is 14.3 Å². The van der Waals surface area contributed by atoms with Gasteiger partial charge in [-0.3, -0.25) is 0 Å². The lowest BCUT2D eigenvalue weighted by atomic mass is 10.2. The van der Waals surface area contributed by atoms with Crippen molar-refractivity contribution in [2.45, 2.75) is 25.4 Å². The maximum atomic E-state index is 10.4. The summed E-state index contributed by atoms with van der Waals surface area (Å²) < 4.78 is 9.41. The smallest absolute Gasteiger partial charge is 0.430 e. The van der Waals surface area contributed by atoms with Gasteiger partial charge in [0.25, 0.3) is 0 Å². The number of ether oxygens (including phenoxy) is 2. The molecule has 11 heavy (non-hydrogen) atoms. The fourth-order valence-electron chi connectivity index (χ4n) is 0.974. The highest BCUT2D eigenvalue weighted by molar-refractivity contribution is 6.17. The first-order valence-corrected chi connectivity index (χ1v) is 4.26. The van der Waals surface area contributed by atoms with Gasteiger partial charge in [-0.2, -0.15) is 0 Å². The van der Waals surface area contributed by atoms with Gasteiger partial charge >= 0.3 is 6.16 Å². The first-order chi connectivity index (χ1) is 5.33. The molecule has 0 bridgehead atoms. The van der Waals surface area contributed by atoms with E-state index in [4.69, 9.17) is 16.3 Å². The molecule has 0 aromatic heterocycles. The Morgan fingerprint density at radius 3 is 2.91 bits per heavy atom. The Bertz CT molecular complexity index is 138. The second kappa shape index (κ2) is 4.44. The van der Waals surface area contributed by atoms with Crippen LogP contribution in [-0.2, 0) is 9.47 Å². The van der Waals surface area contributed by atoms with Gasteiger partial charge in [0.05, 0.1) is 0 Å². The van der Waals surface area contributed by atoms with Crippen molar-refractivity contribution in [3.05, 3.63) is 0 Å². The van der Waals surface area contributed by atoms with Crippen LogP contribution in [0.3, 0.4) is 0 Å². The molecule has 3 nitrogen and oxygen atoms in total. The van der Waals surface area contributed by atoms with E-state index in [9.17, 15) is 4.79 Å². The zero-order valence-corrected chi connectivity index (χ0v) is 6.97. The minimum atomic E-state index is -0.541. The van der Waals surface area contributed by atoms with Crippen LogP contribution in [-0.4, -0.2) is 24.7 Å². The predicted octanol–water partition coefficient (Wildman–Crippen LogP) is 1.93. The molecule has 0 saturated carbocycles. The van der Waals surface area contributed by atoms with Crippen molar-refractivity contribution in [2.75, 3.05) is 12.5 Å². The number of carbonyl (C=O) groups excluding carboxylic acids is 1. The lowest BCUT2D eigenvalue weighted by molar-refractivity contribution is 0.115. The molecule has 64 valence electrons. The third kappa shape index (κ3) is 2.97. The molecule has 1 unspecified atom stereocenters. The highest BCUT2D eigenvalue weighted by Crippen LogP contribution is 2.12. The van der Waals surface area contributed by atoms with E-state index in [-0.39, 0.29) is 6.10 Å². The van der Waals surface area contributed by atoms with Crippen molar-refractivity contribution in [3.8, 4) is 0 Å². The van der Waals surface area contributed by atoms with Gasteiger partial charge in [-0.05, 0) is 19.3 Å². The topological polar surface area (TPSA) is 35.5 Å². The number of hydrogen-bond acceptors (Lipinski definition) is 3. The van der Waals surface area contributed by atoms with Crippen LogP contribution in [0.4, 0.5) is 4.79 Å². The van der Waals surface area contributed by atoms with Crippen LogP contribution in [0, 0.1) is 0 Å². The minimum absolute atomic E-state index is 0.0364. The van der Waals surface area contributed by atoms with Crippen LogP contribution in [0.5, 0.6) is 0 Å². The van der Waals surface area contributed by atoms with E-state index in [1.54, 1.807) is 0 Å². The molecular formula is C7H11ClO3. The molecule has 0 aromatic rings. The number of carbonyl (C=O) groups is 1. The fraction of sp³-hybridized carbons (Fsp3) is 0.857. The zero-order chi connectivity index (χ0) is 8.10. The Morgan fingerprint density at radius 1 is 1.55 bits per heavy atom. The van der Waals surface area contributed by atoms with Gasteiger partial charge in [-0.25, -0.2) is 4.79 Å². The molecule has 1 atom stereocenters. The molecule has 0 radical (unpaired) electrons. The van der Waals surface area contributed by atoms with Crippen LogP contribution in [0.25, 0.3) is 0 Å². The average Bonchev–Trinajstić information content (AvgIpc) is 2.37. The second-order valence-corrected chi connectivity index (χ2v) is 2.86. The SMILES string of the molecule is O=C1OCC(CCCCCl)O1. The van der Waals surface area contributed by atoms with E-state index in [1.807, 2.05) is 0 Å². The molecule has 0 N–H and O–H groups in total. The van der Waals surface area contributed by atoms with E-state index in [1.165, 1.54) is 0 Å². The maximum Gasteiger partial charge on any atom is 0.508 e. The van der Waals surface area contributed by atoms with Crippen molar-refractivity contribution in [1.82, 2.24) is 0 Å². The average molecular weight is 179 g/mol. The van der Waals surface area contributed by atoms with Gasteiger partial charge in [0, 0.05) is 5.88 Å². The van der Waals surface area contributed by atoms with E-state index < -0.39 is 6.16 Å². The third-order valence-electron chi connectivity index (χ3n) is 1.56. The van der Waals surface area contributed by atoms with Gasteiger partial charge in [-0.1, -0.05) is 0 Å². The number of halogens is 1. The third-order valence-corrected chi connectivity index (χ3v) is 1.83. The van der Waals surface area contributed by atoms with Crippen molar-refractivity contribution >= 4 is 17.8 Å². The molecule has 0 amide bonds. The Kier molecular flexibility index (Phi) is 3.49. The van der Waals surface area contributed by atoms with E-state index in [2.05, 4.69) is 4.74 Å². The summed E-state index contributed by atoms with van der Waals surface area (Å²) in [5.74, 6) is 0.668. The van der Waals surface area contributed by atoms with E-state index in [0.717, 1.165) is 19.3 Å². The number of rotatable bonds is 4. The molecule has 1 rings (SSSR count). The van der Waals surface area contributed by atoms with E-state index in [0.29, 0.717) is 12.5 Å². The zero-order valence-electron chi connectivity index (χ0n) is 6.22. The Morgan fingerprint density at radius 2 is 2.36 bits per heavy atom. The van der Waals surface area contributed by atoms with Crippen molar-refractivity contribution in [3.63, 3.8) is 0 Å². The number of hydrogen-bond donors (Lipinski definition) is 0. The summed E-state index contributed by atoms with van der Waals surface area (Å²) in [6.07, 6.45) is 2.24. The van der Waals surface area contributed by atoms with Gasteiger partial charge in [0.2, 0.25) is 0 Å². The number of unbranched alkanes of at least 4 members (excludes halogenated alkanes) is 1. The summed E-state index contributed by atoms with van der Waals surface area (Å²) in [5, 5.41) is 0. The summed E-state index contributed by atoms with van der Waals surface area (Å²) in [4.78, 5) is 10.4. The fourth-order valence-corrected chi connectivity index (χ4v) is 1.16. The molecule has 4 heteroatoms. The lowest BCUT2D eigenvalue weighted by Crippen LogP contribution is -2.09. The maximum absolute atomic E-state index is 10.4. The van der Waals surface area contributed by atoms with Gasteiger partial charge in [0.1, 0.15) is 12.7 Å². The summed E-state index contributed by atoms with van der Waals surface area (Å²) in [6, 6.07) is 0. The number of alkyl halides is 1. The molecule has 1 aliphatic heterocycles. The van der Waals surface area contributed by atoms with E-state index >= 15 is 0 Å². The molecule has 0 aromatic carbocycles. The predicted molar refractivity (Wildman–Crippen MR) is 40.8 cm³/mol. The Hall–Kier alpha value is -0.440. The molecular weight excluding hydrogens is 168 g/mol. The summed E-state index contributed by atoms with van der Waals surface area (Å²) >= 11 is 5.48. The first kappa shape index (κ1) is 8.65. The quantitative estimate of drug-likeness (QED) is 0.375. The van der Waals surface area contributed by atoms with Crippen LogP contribution >= 0.6 is 11.6 Å². The minimum Gasteiger partial charge on any atom is -0.430 e. The monoisotopic (exact) mass is 178 g/mol. The van der Waals surface area contributed by atoms with Crippen LogP contribution in [0.2, 0.25) is 0 Å². The summed E-state index contributed by atoms with van der Waals surface area (Å²) in [7, 11) is 0. The highest BCUT2D eigenvalue weighted by Gasteiger charge is 2.23. The molecule has 1 fully saturated rings. The van der Waals surface area contributed by atoms with Gasteiger partial charge in [0.15, 0.2) is 0 Å². The molecule has 1 heterocycles. The largest absolute Gasteiger partial charge is 0.508 e. The van der Waals surface area contributed by atoms with Gasteiger partial charge < -0.3 is 9.47 Å². The number of cyclic esters (lactones) is 2. The molecule has 0 aliphatic carbocycles. The molecule has 1 aliphatic rings. The molecule has 0 spiro atoms. The van der Waals surface area contributed by atoms with Crippen molar-refractivity contribution in [2.24, 2.45) is 0 Å². The first-order valence-electron chi connectivity index (χ1n) is 3.72. The normalized spacial score (nSPS) is 23.0. The standard InChI is InChI=1S/C7H11ClO3/c8-4-2-1-3-6-5-10-7(9)11-6/h6H,1-5H2. The highest BCUT2D eigenvalue weighted by atomic mass is 35.5. The molecule has 1 saturated heterocycles. The second-order valence-electron chi connectivity index (χ2n) is 2.49. The van der Waals surface area contributed by atoms with Crippen LogP contribution < -0.4 is 0 Å². The lowest BCUT2D eigenvalue weighted by Gasteiger charge is -2.03. The van der Waals surface area contributed by atoms with Crippen LogP contribution in [0.15, 0.2) is 0 Å². The Labute approximate surface area is 70.6 Å². The van der Waals surface area contributed by atoms with Gasteiger partial charge in [-0.15, -0.1) is 11.6 Å². The summed E-state index contributed by atoms with van der Waals surface area (Å²) in [6.45, 7) is 0.404. The van der Waals surface area contributed by atoms with Crippen LogP contribution in [0.1, 0.15) is 19.3 Å².